The molecule has 4 rings (SSSR count). The van der Waals surface area contributed by atoms with E-state index in [2.05, 4.69) is 15.0 Å². The maximum Gasteiger partial charge on any atom is 0.220 e. The van der Waals surface area contributed by atoms with Crippen LogP contribution in [0, 0.1) is 5.92 Å². The minimum Gasteiger partial charge on any atom is -0.376 e. The van der Waals surface area contributed by atoms with E-state index < -0.39 is 0 Å². The highest BCUT2D eigenvalue weighted by atomic mass is 16.5. The Labute approximate surface area is 147 Å². The number of nitrogens with zero attached hydrogens (tertiary/aromatic N) is 3. The van der Waals surface area contributed by atoms with Crippen molar-refractivity contribution < 1.29 is 9.53 Å². The lowest BCUT2D eigenvalue weighted by Gasteiger charge is -2.15. The molecule has 0 saturated heterocycles. The fourth-order valence-electron chi connectivity index (χ4n) is 3.29. The molecule has 6 nitrogen and oxygen atoms in total. The van der Waals surface area contributed by atoms with Gasteiger partial charge in [0.1, 0.15) is 0 Å². The Morgan fingerprint density at radius 1 is 1.36 bits per heavy atom. The lowest BCUT2D eigenvalue weighted by molar-refractivity contribution is -0.121. The van der Waals surface area contributed by atoms with Crippen molar-refractivity contribution in [2.45, 2.75) is 51.8 Å². The molecule has 1 aliphatic heterocycles. The zero-order valence-electron chi connectivity index (χ0n) is 14.4. The fraction of sp³-hybridized carbons (Fsp3) is 0.526. The summed E-state index contributed by atoms with van der Waals surface area (Å²) in [7, 11) is 0. The first-order valence-electron chi connectivity index (χ1n) is 9.11. The Morgan fingerprint density at radius 3 is 3.08 bits per heavy atom. The number of hydrogen-bond acceptors (Lipinski definition) is 4. The number of hydrogen-bond donors (Lipinski definition) is 1. The Bertz CT molecular complexity index is 737. The van der Waals surface area contributed by atoms with Crippen molar-refractivity contribution in [1.82, 2.24) is 20.1 Å². The molecule has 1 fully saturated rings. The maximum atomic E-state index is 12.1. The van der Waals surface area contributed by atoms with E-state index in [0.29, 0.717) is 26.0 Å². The smallest absolute Gasteiger partial charge is 0.220 e. The van der Waals surface area contributed by atoms with E-state index in [9.17, 15) is 4.79 Å². The quantitative estimate of drug-likeness (QED) is 0.837. The summed E-state index contributed by atoms with van der Waals surface area (Å²) in [5, 5.41) is 7.74. The Kier molecular flexibility index (Phi) is 4.78. The number of aromatic nitrogens is 3. The SMILES string of the molecule is O=C(CCc1nn(CC2CC2)c2c1COCC2)NCc1ccccn1. The number of rotatable bonds is 7. The lowest BCUT2D eigenvalue weighted by atomic mass is 10.1. The van der Waals surface area contributed by atoms with Crippen LogP contribution >= 0.6 is 0 Å². The van der Waals surface area contributed by atoms with Gasteiger partial charge in [0.2, 0.25) is 5.91 Å². The molecule has 0 spiro atoms. The molecule has 25 heavy (non-hydrogen) atoms. The van der Waals surface area contributed by atoms with Gasteiger partial charge in [-0.3, -0.25) is 14.5 Å². The highest BCUT2D eigenvalue weighted by Gasteiger charge is 2.27. The van der Waals surface area contributed by atoms with E-state index in [4.69, 9.17) is 9.84 Å². The summed E-state index contributed by atoms with van der Waals surface area (Å²) in [6.07, 6.45) is 6.41. The molecular formula is C19H24N4O2. The molecule has 1 N–H and O–H groups in total. The summed E-state index contributed by atoms with van der Waals surface area (Å²) >= 11 is 0. The zero-order chi connectivity index (χ0) is 17.1. The van der Waals surface area contributed by atoms with Gasteiger partial charge in [-0.2, -0.15) is 5.10 Å². The summed E-state index contributed by atoms with van der Waals surface area (Å²) in [4.78, 5) is 16.4. The molecule has 1 aliphatic carbocycles. The second kappa shape index (κ2) is 7.35. The molecule has 0 unspecified atom stereocenters. The molecule has 2 aliphatic rings. The van der Waals surface area contributed by atoms with Crippen LogP contribution in [0.5, 0.6) is 0 Å². The number of fused-ring (bicyclic) bond motifs is 1. The van der Waals surface area contributed by atoms with Gasteiger partial charge in [-0.1, -0.05) is 6.07 Å². The molecule has 1 amide bonds. The topological polar surface area (TPSA) is 69.0 Å². The van der Waals surface area contributed by atoms with Crippen LogP contribution < -0.4 is 5.32 Å². The van der Waals surface area contributed by atoms with Crippen LogP contribution in [0.3, 0.4) is 0 Å². The summed E-state index contributed by atoms with van der Waals surface area (Å²) in [6, 6.07) is 5.70. The second-order valence-electron chi connectivity index (χ2n) is 6.90. The van der Waals surface area contributed by atoms with Gasteiger partial charge >= 0.3 is 0 Å². The van der Waals surface area contributed by atoms with Crippen LogP contribution in [0.1, 0.15) is 41.9 Å². The molecule has 0 atom stereocenters. The average molecular weight is 340 g/mol. The third-order valence-corrected chi connectivity index (χ3v) is 4.89. The van der Waals surface area contributed by atoms with E-state index in [1.54, 1.807) is 6.20 Å². The van der Waals surface area contributed by atoms with Crippen molar-refractivity contribution in [2.75, 3.05) is 6.61 Å². The molecule has 0 aromatic carbocycles. The van der Waals surface area contributed by atoms with Crippen LogP contribution in [-0.4, -0.2) is 27.3 Å². The number of amides is 1. The number of carbonyl (C=O) groups is 1. The third-order valence-electron chi connectivity index (χ3n) is 4.89. The van der Waals surface area contributed by atoms with E-state index in [-0.39, 0.29) is 5.91 Å². The lowest BCUT2D eigenvalue weighted by Crippen LogP contribution is -2.23. The number of aryl methyl sites for hydroxylation is 1. The van der Waals surface area contributed by atoms with Gasteiger partial charge in [0.25, 0.3) is 0 Å². The van der Waals surface area contributed by atoms with Crippen LogP contribution in [0.2, 0.25) is 0 Å². The Morgan fingerprint density at radius 2 is 2.28 bits per heavy atom. The van der Waals surface area contributed by atoms with Crippen molar-refractivity contribution in [1.29, 1.82) is 0 Å². The van der Waals surface area contributed by atoms with Crippen LogP contribution in [0.15, 0.2) is 24.4 Å². The van der Waals surface area contributed by atoms with Gasteiger partial charge in [-0.25, -0.2) is 0 Å². The van der Waals surface area contributed by atoms with Crippen molar-refractivity contribution >= 4 is 5.91 Å². The third kappa shape index (κ3) is 4.07. The van der Waals surface area contributed by atoms with Crippen molar-refractivity contribution in [3.8, 4) is 0 Å². The van der Waals surface area contributed by atoms with Crippen molar-refractivity contribution in [3.05, 3.63) is 47.0 Å². The number of carbonyl (C=O) groups excluding carboxylic acids is 1. The monoisotopic (exact) mass is 340 g/mol. The first kappa shape index (κ1) is 16.3. The number of pyridine rings is 1. The van der Waals surface area contributed by atoms with Crippen molar-refractivity contribution in [2.24, 2.45) is 5.92 Å². The van der Waals surface area contributed by atoms with Crippen molar-refractivity contribution in [3.63, 3.8) is 0 Å². The van der Waals surface area contributed by atoms with E-state index >= 15 is 0 Å². The van der Waals surface area contributed by atoms with Gasteiger partial charge in [-0.05, 0) is 30.9 Å². The van der Waals surface area contributed by atoms with E-state index in [0.717, 1.165) is 36.9 Å². The summed E-state index contributed by atoms with van der Waals surface area (Å²) in [6.45, 7) is 2.89. The largest absolute Gasteiger partial charge is 0.376 e. The highest BCUT2D eigenvalue weighted by Crippen LogP contribution is 2.32. The number of ether oxygens (including phenoxy) is 1. The zero-order valence-corrected chi connectivity index (χ0v) is 14.4. The molecule has 3 heterocycles. The Hall–Kier alpha value is -2.21. The fourth-order valence-corrected chi connectivity index (χ4v) is 3.29. The predicted molar refractivity (Wildman–Crippen MR) is 92.7 cm³/mol. The molecule has 0 bridgehead atoms. The van der Waals surface area contributed by atoms with Gasteiger partial charge in [0, 0.05) is 43.3 Å². The van der Waals surface area contributed by atoms with Crippen LogP contribution in [0.25, 0.3) is 0 Å². The van der Waals surface area contributed by atoms with Crippen LogP contribution in [-0.2, 0) is 42.1 Å². The summed E-state index contributed by atoms with van der Waals surface area (Å²) < 4.78 is 7.80. The summed E-state index contributed by atoms with van der Waals surface area (Å²) in [5.41, 5.74) is 4.44. The van der Waals surface area contributed by atoms with Gasteiger partial charge in [-0.15, -0.1) is 0 Å². The molecule has 132 valence electrons. The standard InChI is InChI=1S/C19H24N4O2/c24-19(21-11-15-3-1-2-9-20-15)7-6-17-16-13-25-10-8-18(16)23(22-17)12-14-4-5-14/h1-3,9,14H,4-8,10-13H2,(H,21,24). The van der Waals surface area contributed by atoms with Crippen LogP contribution in [0.4, 0.5) is 0 Å². The first-order valence-corrected chi connectivity index (χ1v) is 9.11. The first-order chi connectivity index (χ1) is 12.3. The molecule has 6 heteroatoms. The normalized spacial score (nSPS) is 16.5. The van der Waals surface area contributed by atoms with E-state index in [1.807, 2.05) is 18.2 Å². The molecule has 2 aromatic rings. The second-order valence-corrected chi connectivity index (χ2v) is 6.90. The van der Waals surface area contributed by atoms with E-state index in [1.165, 1.54) is 24.1 Å². The number of nitrogens with one attached hydrogen (secondary N) is 1. The minimum atomic E-state index is 0.0351. The minimum absolute atomic E-state index is 0.0351. The van der Waals surface area contributed by atoms with Gasteiger partial charge < -0.3 is 10.1 Å². The predicted octanol–water partition coefficient (Wildman–Crippen LogP) is 2.01. The Balaban J connectivity index is 1.35. The molecule has 1 saturated carbocycles. The van der Waals surface area contributed by atoms with Gasteiger partial charge in [0.05, 0.1) is 31.1 Å². The highest BCUT2D eigenvalue weighted by molar-refractivity contribution is 5.76. The molecule has 2 aromatic heterocycles. The maximum absolute atomic E-state index is 12.1. The average Bonchev–Trinajstić information content (AvgIpc) is 3.40. The summed E-state index contributed by atoms with van der Waals surface area (Å²) in [5.74, 6) is 0.828. The molecule has 0 radical (unpaired) electrons. The van der Waals surface area contributed by atoms with Gasteiger partial charge in [0.15, 0.2) is 0 Å². The molecular weight excluding hydrogens is 316 g/mol.